The summed E-state index contributed by atoms with van der Waals surface area (Å²) in [7, 11) is 0. The second-order valence-corrected chi connectivity index (χ2v) is 6.85. The highest BCUT2D eigenvalue weighted by Crippen LogP contribution is 2.38. The van der Waals surface area contributed by atoms with Crippen molar-refractivity contribution >= 4 is 22.6 Å². The normalized spacial score (nSPS) is 22.9. The summed E-state index contributed by atoms with van der Waals surface area (Å²) in [4.78, 5) is 0. The number of aromatic amines is 1. The number of rotatable bonds is 2. The molecule has 0 unspecified atom stereocenters. The van der Waals surface area contributed by atoms with E-state index in [4.69, 9.17) is 0 Å². The molecule has 0 spiro atoms. The molecule has 0 amide bonds. The van der Waals surface area contributed by atoms with Gasteiger partial charge in [0, 0.05) is 11.5 Å². The minimum Gasteiger partial charge on any atom is -0.281 e. The van der Waals surface area contributed by atoms with Gasteiger partial charge in [0.2, 0.25) is 0 Å². The van der Waals surface area contributed by atoms with E-state index in [0.29, 0.717) is 5.92 Å². The van der Waals surface area contributed by atoms with Crippen LogP contribution < -0.4 is 0 Å². The quantitative estimate of drug-likeness (QED) is 0.716. The van der Waals surface area contributed by atoms with Crippen molar-refractivity contribution in [1.82, 2.24) is 10.2 Å². The minimum absolute atomic E-state index is 0.214. The number of aromatic nitrogens is 2. The number of nitrogens with zero attached hydrogens (tertiary/aromatic N) is 1. The van der Waals surface area contributed by atoms with E-state index >= 15 is 0 Å². The maximum Gasteiger partial charge on any atom is 0.123 e. The van der Waals surface area contributed by atoms with E-state index in [-0.39, 0.29) is 5.82 Å². The van der Waals surface area contributed by atoms with Gasteiger partial charge in [-0.25, -0.2) is 4.39 Å². The smallest absolute Gasteiger partial charge is 0.123 e. The second-order valence-electron chi connectivity index (χ2n) is 5.77. The molecule has 0 atom stereocenters. The van der Waals surface area contributed by atoms with Gasteiger partial charge in [-0.05, 0) is 53.5 Å². The molecular weight excluding hydrogens is 366 g/mol. The summed E-state index contributed by atoms with van der Waals surface area (Å²) in [5.74, 6) is 1.21. The number of nitrogens with one attached hydrogen (secondary N) is 1. The molecule has 1 fully saturated rings. The lowest BCUT2D eigenvalue weighted by atomic mass is 9.81. The Kier molecular flexibility index (Phi) is 4.10. The van der Waals surface area contributed by atoms with Gasteiger partial charge in [-0.2, -0.15) is 5.10 Å². The fourth-order valence-corrected chi connectivity index (χ4v) is 3.98. The molecule has 3 rings (SSSR count). The van der Waals surface area contributed by atoms with Crippen LogP contribution in [0.5, 0.6) is 0 Å². The molecule has 1 aliphatic carbocycles. The zero-order valence-corrected chi connectivity index (χ0v) is 13.7. The Balaban J connectivity index is 1.89. The van der Waals surface area contributed by atoms with E-state index in [9.17, 15) is 4.39 Å². The molecule has 4 heteroatoms. The average molecular weight is 384 g/mol. The van der Waals surface area contributed by atoms with Crippen molar-refractivity contribution in [2.45, 2.75) is 38.5 Å². The third-order valence-electron chi connectivity index (χ3n) is 4.25. The van der Waals surface area contributed by atoms with Crippen molar-refractivity contribution in [1.29, 1.82) is 0 Å². The third-order valence-corrected chi connectivity index (χ3v) is 5.35. The fourth-order valence-electron chi connectivity index (χ4n) is 2.99. The van der Waals surface area contributed by atoms with Gasteiger partial charge in [0.05, 0.1) is 9.26 Å². The van der Waals surface area contributed by atoms with Gasteiger partial charge < -0.3 is 0 Å². The first-order valence-corrected chi connectivity index (χ1v) is 8.22. The number of benzene rings is 1. The van der Waals surface area contributed by atoms with Crippen molar-refractivity contribution in [3.05, 3.63) is 39.3 Å². The van der Waals surface area contributed by atoms with E-state index in [1.165, 1.54) is 37.4 Å². The fraction of sp³-hybridized carbons (Fsp3) is 0.438. The van der Waals surface area contributed by atoms with Crippen LogP contribution in [0.3, 0.4) is 0 Å². The molecule has 0 aliphatic heterocycles. The van der Waals surface area contributed by atoms with Gasteiger partial charge in [0.1, 0.15) is 11.5 Å². The minimum atomic E-state index is -0.214. The third kappa shape index (κ3) is 2.75. The number of hydrogen-bond donors (Lipinski definition) is 1. The zero-order valence-electron chi connectivity index (χ0n) is 11.5. The van der Waals surface area contributed by atoms with Gasteiger partial charge >= 0.3 is 0 Å². The first kappa shape index (κ1) is 14.0. The van der Waals surface area contributed by atoms with Crippen molar-refractivity contribution < 1.29 is 4.39 Å². The summed E-state index contributed by atoms with van der Waals surface area (Å²) in [6, 6.07) is 6.66. The molecule has 106 valence electrons. The Bertz CT molecular complexity index is 600. The molecule has 0 saturated heterocycles. The Morgan fingerprint density at radius 3 is 2.70 bits per heavy atom. The summed E-state index contributed by atoms with van der Waals surface area (Å²) in [6.45, 7) is 2.33. The van der Waals surface area contributed by atoms with E-state index in [1.54, 1.807) is 12.1 Å². The molecule has 0 radical (unpaired) electrons. The monoisotopic (exact) mass is 384 g/mol. The van der Waals surface area contributed by atoms with Gasteiger partial charge in [-0.3, -0.25) is 5.10 Å². The van der Waals surface area contributed by atoms with Crippen LogP contribution in [0.4, 0.5) is 4.39 Å². The van der Waals surface area contributed by atoms with Gasteiger partial charge in [0.15, 0.2) is 0 Å². The van der Waals surface area contributed by atoms with E-state index in [0.717, 1.165) is 20.7 Å². The van der Waals surface area contributed by atoms with Crippen LogP contribution in [-0.2, 0) is 0 Å². The maximum absolute atomic E-state index is 13.3. The molecule has 2 nitrogen and oxygen atoms in total. The highest BCUT2D eigenvalue weighted by molar-refractivity contribution is 14.1. The molecule has 1 N–H and O–H groups in total. The van der Waals surface area contributed by atoms with E-state index in [2.05, 4.69) is 39.7 Å². The number of halogens is 2. The van der Waals surface area contributed by atoms with E-state index < -0.39 is 0 Å². The molecule has 2 aromatic rings. The molecule has 1 heterocycles. The van der Waals surface area contributed by atoms with Crippen LogP contribution in [-0.4, -0.2) is 10.2 Å². The number of hydrogen-bond acceptors (Lipinski definition) is 1. The second kappa shape index (κ2) is 5.84. The first-order valence-electron chi connectivity index (χ1n) is 7.15. The van der Waals surface area contributed by atoms with Crippen molar-refractivity contribution in [3.63, 3.8) is 0 Å². The lowest BCUT2D eigenvalue weighted by Crippen LogP contribution is -2.12. The lowest BCUT2D eigenvalue weighted by Gasteiger charge is -2.25. The van der Waals surface area contributed by atoms with E-state index in [1.807, 2.05) is 6.07 Å². The molecule has 1 saturated carbocycles. The highest BCUT2D eigenvalue weighted by Gasteiger charge is 2.24. The largest absolute Gasteiger partial charge is 0.281 e. The Morgan fingerprint density at radius 1 is 1.25 bits per heavy atom. The summed E-state index contributed by atoms with van der Waals surface area (Å²) in [5, 5.41) is 7.62. The van der Waals surface area contributed by atoms with Crippen molar-refractivity contribution in [2.75, 3.05) is 0 Å². The summed E-state index contributed by atoms with van der Waals surface area (Å²) in [6.07, 6.45) is 5.02. The molecule has 20 heavy (non-hydrogen) atoms. The number of H-pyrrole nitrogens is 1. The summed E-state index contributed by atoms with van der Waals surface area (Å²) in [5.41, 5.74) is 2.96. The summed E-state index contributed by atoms with van der Waals surface area (Å²) >= 11 is 2.34. The predicted octanol–water partition coefficient (Wildman–Crippen LogP) is 5.11. The van der Waals surface area contributed by atoms with Crippen LogP contribution in [0.2, 0.25) is 0 Å². The molecule has 1 aliphatic rings. The van der Waals surface area contributed by atoms with Crippen molar-refractivity contribution in [2.24, 2.45) is 5.92 Å². The van der Waals surface area contributed by atoms with Gasteiger partial charge in [0.25, 0.3) is 0 Å². The molecule has 1 aromatic heterocycles. The lowest BCUT2D eigenvalue weighted by molar-refractivity contribution is 0.343. The van der Waals surface area contributed by atoms with Crippen LogP contribution >= 0.6 is 22.6 Å². The molecule has 1 aromatic carbocycles. The summed E-state index contributed by atoms with van der Waals surface area (Å²) < 4.78 is 14.5. The topological polar surface area (TPSA) is 28.7 Å². The predicted molar refractivity (Wildman–Crippen MR) is 87.1 cm³/mol. The Labute approximate surface area is 132 Å². The maximum atomic E-state index is 13.3. The van der Waals surface area contributed by atoms with Crippen molar-refractivity contribution in [3.8, 4) is 11.3 Å². The first-order chi connectivity index (χ1) is 9.65. The van der Waals surface area contributed by atoms with Gasteiger partial charge in [-0.15, -0.1) is 0 Å². The van der Waals surface area contributed by atoms with Crippen LogP contribution in [0.25, 0.3) is 11.3 Å². The SMILES string of the molecule is CC1CCC(c2[nH]nc(-c3cccc(F)c3)c2I)CC1. The molecular formula is C16H18FIN2. The highest BCUT2D eigenvalue weighted by atomic mass is 127. The van der Waals surface area contributed by atoms with Crippen LogP contribution in [0.15, 0.2) is 24.3 Å². The van der Waals surface area contributed by atoms with Crippen LogP contribution in [0.1, 0.15) is 44.2 Å². The van der Waals surface area contributed by atoms with Gasteiger partial charge in [-0.1, -0.05) is 31.9 Å². The zero-order chi connectivity index (χ0) is 14.1. The average Bonchev–Trinajstić information content (AvgIpc) is 2.82. The standard InChI is InChI=1S/C16H18FIN2/c1-10-5-7-11(8-6-10)15-14(18)16(20-19-15)12-3-2-4-13(17)9-12/h2-4,9-11H,5-8H2,1H3,(H,19,20). The Hall–Kier alpha value is -0.910. The van der Waals surface area contributed by atoms with Crippen LogP contribution in [0, 0.1) is 15.3 Å². The Morgan fingerprint density at radius 2 is 2.00 bits per heavy atom. The molecule has 0 bridgehead atoms.